The average molecular weight is 263 g/mol. The van der Waals surface area contributed by atoms with Gasteiger partial charge in [0.05, 0.1) is 11.1 Å². The van der Waals surface area contributed by atoms with E-state index in [1.165, 1.54) is 12.3 Å². The summed E-state index contributed by atoms with van der Waals surface area (Å²) in [6, 6.07) is 1.18. The molecule has 0 saturated carbocycles. The first-order chi connectivity index (χ1) is 7.29. The number of nitrogens with one attached hydrogen (secondary N) is 2. The highest BCUT2D eigenvalue weighted by molar-refractivity contribution is 5.93. The number of amides is 1. The lowest BCUT2D eigenvalue weighted by Gasteiger charge is -2.18. The predicted molar refractivity (Wildman–Crippen MR) is 65.3 cm³/mol. The number of halogens is 1. The van der Waals surface area contributed by atoms with Gasteiger partial charge in [0, 0.05) is 18.2 Å². The van der Waals surface area contributed by atoms with E-state index in [9.17, 15) is 14.9 Å². The molecule has 4 N–H and O–H groups in total. The summed E-state index contributed by atoms with van der Waals surface area (Å²) in [5, 5.41) is 13.0. The molecule has 0 spiro atoms. The minimum atomic E-state index is -0.569. The standard InChI is InChI=1S/C9H14N4O3.ClH/c1-9(2,10)5-12-8(14)7-3-6(4-11-7)13(15)16;/h3-4,11H,5,10H2,1-2H3,(H,12,14);1H. The Labute approximate surface area is 104 Å². The molecule has 96 valence electrons. The number of aromatic nitrogens is 1. The Morgan fingerprint density at radius 1 is 1.65 bits per heavy atom. The number of nitrogens with two attached hydrogens (primary N) is 1. The molecule has 0 aliphatic carbocycles. The highest BCUT2D eigenvalue weighted by Gasteiger charge is 2.17. The Balaban J connectivity index is 0.00000256. The van der Waals surface area contributed by atoms with Crippen LogP contribution < -0.4 is 11.1 Å². The van der Waals surface area contributed by atoms with Gasteiger partial charge in [-0.15, -0.1) is 12.4 Å². The van der Waals surface area contributed by atoms with Gasteiger partial charge in [0.2, 0.25) is 0 Å². The maximum atomic E-state index is 11.5. The van der Waals surface area contributed by atoms with Gasteiger partial charge >= 0.3 is 0 Å². The highest BCUT2D eigenvalue weighted by atomic mass is 35.5. The van der Waals surface area contributed by atoms with Crippen LogP contribution in [0.3, 0.4) is 0 Å². The molecule has 1 aromatic heterocycles. The normalized spacial score (nSPS) is 10.5. The third-order valence-corrected chi connectivity index (χ3v) is 1.83. The van der Waals surface area contributed by atoms with Crippen LogP contribution in [0.25, 0.3) is 0 Å². The van der Waals surface area contributed by atoms with Crippen molar-refractivity contribution in [3.63, 3.8) is 0 Å². The Hall–Kier alpha value is -1.60. The zero-order valence-corrected chi connectivity index (χ0v) is 10.3. The zero-order valence-electron chi connectivity index (χ0n) is 9.52. The number of carbonyl (C=O) groups excluding carboxylic acids is 1. The number of rotatable bonds is 4. The SMILES string of the molecule is CC(C)(N)CNC(=O)c1cc([N+](=O)[O-])c[nH]1.Cl. The lowest BCUT2D eigenvalue weighted by Crippen LogP contribution is -2.45. The van der Waals surface area contributed by atoms with Gasteiger partial charge in [-0.2, -0.15) is 0 Å². The Kier molecular flexibility index (Phi) is 5.11. The van der Waals surface area contributed by atoms with Gasteiger partial charge in [0.15, 0.2) is 0 Å². The first-order valence-corrected chi connectivity index (χ1v) is 4.69. The molecule has 7 nitrogen and oxygen atoms in total. The molecule has 0 bridgehead atoms. The van der Waals surface area contributed by atoms with Crippen LogP contribution in [0, 0.1) is 10.1 Å². The summed E-state index contributed by atoms with van der Waals surface area (Å²) in [4.78, 5) is 23.9. The van der Waals surface area contributed by atoms with Crippen LogP contribution in [-0.4, -0.2) is 27.9 Å². The Morgan fingerprint density at radius 3 is 2.65 bits per heavy atom. The number of hydrogen-bond donors (Lipinski definition) is 3. The molecule has 0 aromatic carbocycles. The second-order valence-corrected chi connectivity index (χ2v) is 4.20. The van der Waals surface area contributed by atoms with Crippen molar-refractivity contribution in [2.45, 2.75) is 19.4 Å². The lowest BCUT2D eigenvalue weighted by atomic mass is 10.1. The number of carbonyl (C=O) groups is 1. The molecule has 1 rings (SSSR count). The molecule has 0 saturated heterocycles. The van der Waals surface area contributed by atoms with E-state index >= 15 is 0 Å². The maximum absolute atomic E-state index is 11.5. The lowest BCUT2D eigenvalue weighted by molar-refractivity contribution is -0.384. The Morgan fingerprint density at radius 2 is 2.24 bits per heavy atom. The van der Waals surface area contributed by atoms with Crippen molar-refractivity contribution < 1.29 is 9.72 Å². The Bertz CT molecular complexity index is 411. The third kappa shape index (κ3) is 4.83. The smallest absolute Gasteiger partial charge is 0.287 e. The minimum absolute atomic E-state index is 0. The fraction of sp³-hybridized carbons (Fsp3) is 0.444. The summed E-state index contributed by atoms with van der Waals surface area (Å²) >= 11 is 0. The predicted octanol–water partition coefficient (Wildman–Crippen LogP) is 0.812. The van der Waals surface area contributed by atoms with Gasteiger partial charge in [0.25, 0.3) is 11.6 Å². The minimum Gasteiger partial charge on any atom is -0.351 e. The second kappa shape index (κ2) is 5.65. The molecule has 0 atom stereocenters. The molecule has 0 radical (unpaired) electrons. The third-order valence-electron chi connectivity index (χ3n) is 1.83. The molecule has 1 aromatic rings. The summed E-state index contributed by atoms with van der Waals surface area (Å²) < 4.78 is 0. The van der Waals surface area contributed by atoms with Crippen LogP contribution >= 0.6 is 12.4 Å². The fourth-order valence-corrected chi connectivity index (χ4v) is 1.02. The zero-order chi connectivity index (χ0) is 12.3. The first-order valence-electron chi connectivity index (χ1n) is 4.69. The first kappa shape index (κ1) is 15.4. The summed E-state index contributed by atoms with van der Waals surface area (Å²) in [6.45, 7) is 3.83. The van der Waals surface area contributed by atoms with Crippen LogP contribution in [0.4, 0.5) is 5.69 Å². The molecule has 0 aliphatic heterocycles. The fourth-order valence-electron chi connectivity index (χ4n) is 1.02. The van der Waals surface area contributed by atoms with Gasteiger partial charge in [-0.05, 0) is 13.8 Å². The summed E-state index contributed by atoms with van der Waals surface area (Å²) in [6.07, 6.45) is 1.17. The van der Waals surface area contributed by atoms with Crippen molar-refractivity contribution in [2.24, 2.45) is 5.73 Å². The van der Waals surface area contributed by atoms with Crippen LogP contribution in [-0.2, 0) is 0 Å². The van der Waals surface area contributed by atoms with E-state index in [4.69, 9.17) is 5.73 Å². The van der Waals surface area contributed by atoms with Gasteiger partial charge in [0.1, 0.15) is 5.69 Å². The van der Waals surface area contributed by atoms with E-state index in [1.54, 1.807) is 13.8 Å². The van der Waals surface area contributed by atoms with E-state index in [2.05, 4.69) is 10.3 Å². The topological polar surface area (TPSA) is 114 Å². The van der Waals surface area contributed by atoms with Crippen molar-refractivity contribution >= 4 is 24.0 Å². The molecular weight excluding hydrogens is 248 g/mol. The van der Waals surface area contributed by atoms with Crippen molar-refractivity contribution in [1.29, 1.82) is 0 Å². The van der Waals surface area contributed by atoms with Crippen LogP contribution in [0.15, 0.2) is 12.3 Å². The molecule has 1 amide bonds. The van der Waals surface area contributed by atoms with Crippen molar-refractivity contribution in [1.82, 2.24) is 10.3 Å². The van der Waals surface area contributed by atoms with E-state index in [0.29, 0.717) is 6.54 Å². The molecule has 1 heterocycles. The summed E-state index contributed by atoms with van der Waals surface area (Å²) in [5.74, 6) is -0.411. The number of H-pyrrole nitrogens is 1. The quantitative estimate of drug-likeness (QED) is 0.550. The van der Waals surface area contributed by atoms with Crippen LogP contribution in [0.2, 0.25) is 0 Å². The van der Waals surface area contributed by atoms with Gasteiger partial charge < -0.3 is 16.0 Å². The van der Waals surface area contributed by atoms with E-state index in [-0.39, 0.29) is 23.8 Å². The summed E-state index contributed by atoms with van der Waals surface area (Å²) in [7, 11) is 0. The number of hydrogen-bond acceptors (Lipinski definition) is 4. The van der Waals surface area contributed by atoms with Crippen molar-refractivity contribution in [3.8, 4) is 0 Å². The van der Waals surface area contributed by atoms with Crippen molar-refractivity contribution in [2.75, 3.05) is 6.54 Å². The second-order valence-electron chi connectivity index (χ2n) is 4.20. The van der Waals surface area contributed by atoms with Gasteiger partial charge in [-0.1, -0.05) is 0 Å². The molecule has 17 heavy (non-hydrogen) atoms. The maximum Gasteiger partial charge on any atom is 0.287 e. The van der Waals surface area contributed by atoms with Crippen LogP contribution in [0.1, 0.15) is 24.3 Å². The van der Waals surface area contributed by atoms with Crippen molar-refractivity contribution in [3.05, 3.63) is 28.1 Å². The van der Waals surface area contributed by atoms with Crippen LogP contribution in [0.5, 0.6) is 0 Å². The molecule has 0 fully saturated rings. The summed E-state index contributed by atoms with van der Waals surface area (Å²) in [5.41, 5.74) is 5.17. The number of nitrogens with zero attached hydrogens (tertiary/aromatic N) is 1. The molecule has 0 aliphatic rings. The molecule has 8 heteroatoms. The monoisotopic (exact) mass is 262 g/mol. The van der Waals surface area contributed by atoms with Gasteiger partial charge in [-0.25, -0.2) is 0 Å². The van der Waals surface area contributed by atoms with E-state index < -0.39 is 16.4 Å². The largest absolute Gasteiger partial charge is 0.351 e. The van der Waals surface area contributed by atoms with Gasteiger partial charge in [-0.3, -0.25) is 14.9 Å². The van der Waals surface area contributed by atoms with E-state index in [1.807, 2.05) is 0 Å². The highest BCUT2D eigenvalue weighted by Crippen LogP contribution is 2.11. The molecule has 0 unspecified atom stereocenters. The average Bonchev–Trinajstić information content (AvgIpc) is 2.61. The van der Waals surface area contributed by atoms with E-state index in [0.717, 1.165) is 0 Å². The number of nitro groups is 1. The molecular formula is C9H15ClN4O3. The number of aromatic amines is 1.